The Balaban J connectivity index is 1.85. The number of likely N-dealkylation sites (N-methyl/N-ethyl adjacent to an activating group) is 1. The zero-order valence-corrected chi connectivity index (χ0v) is 18.9. The predicted octanol–water partition coefficient (Wildman–Crippen LogP) is 4.58. The van der Waals surface area contributed by atoms with Gasteiger partial charge >= 0.3 is 0 Å². The molecule has 154 valence electrons. The van der Waals surface area contributed by atoms with Gasteiger partial charge in [-0.2, -0.15) is 0 Å². The standard InChI is InChI=1S/C24H24BrN3O2/c1-14(2)12-21(29)28-11-10-17-16-6-4-5-7-19(16)26-22(17)24(28)18-13-15(25)8-9-20(18)27(3)23(24)30/h4-9,13-14,26H,10-12H2,1-3H3/t24-/m0/s1. The van der Waals surface area contributed by atoms with Gasteiger partial charge in [-0.3, -0.25) is 9.59 Å². The zero-order chi connectivity index (χ0) is 21.2. The molecule has 1 aromatic heterocycles. The Kier molecular flexibility index (Phi) is 4.33. The molecule has 3 heterocycles. The topological polar surface area (TPSA) is 56.4 Å². The predicted molar refractivity (Wildman–Crippen MR) is 122 cm³/mol. The van der Waals surface area contributed by atoms with E-state index in [1.54, 1.807) is 11.9 Å². The van der Waals surface area contributed by atoms with Gasteiger partial charge < -0.3 is 14.8 Å². The molecule has 0 unspecified atom stereocenters. The van der Waals surface area contributed by atoms with Crippen LogP contribution in [0.5, 0.6) is 0 Å². The molecule has 3 aromatic rings. The van der Waals surface area contributed by atoms with Gasteiger partial charge in [0.25, 0.3) is 5.91 Å². The zero-order valence-electron chi connectivity index (χ0n) is 17.3. The average Bonchev–Trinajstić information content (AvgIpc) is 3.19. The smallest absolute Gasteiger partial charge is 0.263 e. The molecule has 0 fully saturated rings. The summed E-state index contributed by atoms with van der Waals surface area (Å²) in [5.41, 5.74) is 3.51. The molecule has 1 atom stereocenters. The van der Waals surface area contributed by atoms with Crippen molar-refractivity contribution in [1.29, 1.82) is 0 Å². The number of H-pyrrole nitrogens is 1. The van der Waals surface area contributed by atoms with Gasteiger partial charge in [0, 0.05) is 46.6 Å². The highest BCUT2D eigenvalue weighted by atomic mass is 79.9. The molecule has 0 bridgehead atoms. The fourth-order valence-electron chi connectivity index (χ4n) is 5.13. The van der Waals surface area contributed by atoms with Gasteiger partial charge in [0.15, 0.2) is 5.54 Å². The maximum absolute atomic E-state index is 14.0. The summed E-state index contributed by atoms with van der Waals surface area (Å²) in [5.74, 6) is 0.152. The number of halogens is 1. The minimum absolute atomic E-state index is 0.0175. The number of rotatable bonds is 2. The first-order valence-corrected chi connectivity index (χ1v) is 11.1. The van der Waals surface area contributed by atoms with Crippen molar-refractivity contribution >= 4 is 44.3 Å². The lowest BCUT2D eigenvalue weighted by atomic mass is 9.79. The van der Waals surface area contributed by atoms with Gasteiger partial charge in [-0.25, -0.2) is 0 Å². The van der Waals surface area contributed by atoms with Crippen LogP contribution in [-0.4, -0.2) is 35.3 Å². The van der Waals surface area contributed by atoms with Gasteiger partial charge in [-0.05, 0) is 42.2 Å². The maximum Gasteiger partial charge on any atom is 0.263 e. The molecule has 6 heteroatoms. The van der Waals surface area contributed by atoms with Gasteiger partial charge in [0.05, 0.1) is 5.69 Å². The minimum atomic E-state index is -1.16. The minimum Gasteiger partial charge on any atom is -0.355 e. The third kappa shape index (κ3) is 2.46. The molecule has 30 heavy (non-hydrogen) atoms. The molecule has 1 spiro atoms. The van der Waals surface area contributed by atoms with Crippen molar-refractivity contribution in [3.63, 3.8) is 0 Å². The number of hydrogen-bond donors (Lipinski definition) is 1. The summed E-state index contributed by atoms with van der Waals surface area (Å²) in [7, 11) is 1.80. The van der Waals surface area contributed by atoms with Crippen LogP contribution in [0.3, 0.4) is 0 Å². The number of para-hydroxylation sites is 1. The van der Waals surface area contributed by atoms with Gasteiger partial charge in [0.1, 0.15) is 0 Å². The third-order valence-electron chi connectivity index (χ3n) is 6.37. The van der Waals surface area contributed by atoms with E-state index in [1.807, 2.05) is 55.1 Å². The van der Waals surface area contributed by atoms with E-state index in [1.165, 1.54) is 0 Å². The highest BCUT2D eigenvalue weighted by Gasteiger charge is 2.60. The van der Waals surface area contributed by atoms with Crippen molar-refractivity contribution < 1.29 is 9.59 Å². The third-order valence-corrected chi connectivity index (χ3v) is 6.87. The lowest BCUT2D eigenvalue weighted by Crippen LogP contribution is -2.59. The fraction of sp³-hybridized carbons (Fsp3) is 0.333. The first-order valence-electron chi connectivity index (χ1n) is 10.3. The molecular weight excluding hydrogens is 442 g/mol. The van der Waals surface area contributed by atoms with Gasteiger partial charge in [-0.15, -0.1) is 0 Å². The van der Waals surface area contributed by atoms with Crippen molar-refractivity contribution in [3.8, 4) is 0 Å². The van der Waals surface area contributed by atoms with Crippen LogP contribution in [0.1, 0.15) is 37.1 Å². The number of nitrogens with zero attached hydrogens (tertiary/aromatic N) is 2. The Hall–Kier alpha value is -2.60. The SMILES string of the molecule is CC(C)CC(=O)N1CCc2c([nH]c3ccccc23)[C@@]12C(=O)N(C)c1ccc(Br)cc12. The van der Waals surface area contributed by atoms with Crippen LogP contribution in [0.15, 0.2) is 46.9 Å². The average molecular weight is 466 g/mol. The molecule has 0 aliphatic carbocycles. The quantitative estimate of drug-likeness (QED) is 0.601. The normalized spacial score (nSPS) is 20.4. The Morgan fingerprint density at radius 2 is 2.00 bits per heavy atom. The number of benzene rings is 2. The van der Waals surface area contributed by atoms with Gasteiger partial charge in [0.2, 0.25) is 5.91 Å². The molecule has 5 rings (SSSR count). The second-order valence-electron chi connectivity index (χ2n) is 8.65. The molecule has 0 saturated carbocycles. The molecule has 2 aromatic carbocycles. The summed E-state index contributed by atoms with van der Waals surface area (Å²) in [4.78, 5) is 34.5. The summed E-state index contributed by atoms with van der Waals surface area (Å²) in [6.07, 6.45) is 1.14. The van der Waals surface area contributed by atoms with Crippen molar-refractivity contribution in [1.82, 2.24) is 9.88 Å². The highest BCUT2D eigenvalue weighted by Crippen LogP contribution is 2.52. The van der Waals surface area contributed by atoms with Crippen LogP contribution in [0.2, 0.25) is 0 Å². The molecule has 5 nitrogen and oxygen atoms in total. The van der Waals surface area contributed by atoms with Crippen LogP contribution < -0.4 is 4.90 Å². The molecular formula is C24H24BrN3O2. The van der Waals surface area contributed by atoms with Crippen LogP contribution in [0.4, 0.5) is 5.69 Å². The van der Waals surface area contributed by atoms with Crippen LogP contribution in [-0.2, 0) is 21.5 Å². The first-order chi connectivity index (χ1) is 14.4. The van der Waals surface area contributed by atoms with Crippen molar-refractivity contribution in [2.75, 3.05) is 18.5 Å². The van der Waals surface area contributed by atoms with Crippen molar-refractivity contribution in [3.05, 3.63) is 63.8 Å². The first kappa shape index (κ1) is 19.4. The van der Waals surface area contributed by atoms with E-state index in [0.29, 0.717) is 13.0 Å². The molecule has 2 aliphatic heterocycles. The lowest BCUT2D eigenvalue weighted by Gasteiger charge is -2.43. The Morgan fingerprint density at radius 3 is 2.77 bits per heavy atom. The molecule has 2 aliphatic rings. The number of aromatic nitrogens is 1. The number of nitrogens with one attached hydrogen (secondary N) is 1. The highest BCUT2D eigenvalue weighted by molar-refractivity contribution is 9.10. The van der Waals surface area contributed by atoms with E-state index in [9.17, 15) is 9.59 Å². The molecule has 0 saturated heterocycles. The largest absolute Gasteiger partial charge is 0.355 e. The lowest BCUT2D eigenvalue weighted by molar-refractivity contribution is -0.145. The Morgan fingerprint density at radius 1 is 1.23 bits per heavy atom. The number of amides is 2. The Labute approximate surface area is 184 Å². The number of anilines is 1. The van der Waals surface area contributed by atoms with Crippen molar-refractivity contribution in [2.24, 2.45) is 5.92 Å². The summed E-state index contributed by atoms with van der Waals surface area (Å²) in [6, 6.07) is 14.0. The van der Waals surface area contributed by atoms with Crippen molar-refractivity contribution in [2.45, 2.75) is 32.2 Å². The van der Waals surface area contributed by atoms with Crippen LogP contribution in [0.25, 0.3) is 10.9 Å². The number of aromatic amines is 1. The summed E-state index contributed by atoms with van der Waals surface area (Å²) in [5, 5.41) is 1.13. The summed E-state index contributed by atoms with van der Waals surface area (Å²) in [6.45, 7) is 4.60. The second-order valence-corrected chi connectivity index (χ2v) is 9.57. The fourth-order valence-corrected chi connectivity index (χ4v) is 5.49. The van der Waals surface area contributed by atoms with Crippen LogP contribution in [0, 0.1) is 5.92 Å². The number of hydrogen-bond acceptors (Lipinski definition) is 2. The number of fused-ring (bicyclic) bond motifs is 6. The van der Waals surface area contributed by atoms with E-state index < -0.39 is 5.54 Å². The second kappa shape index (κ2) is 6.71. The van der Waals surface area contributed by atoms with E-state index in [2.05, 4.69) is 27.0 Å². The van der Waals surface area contributed by atoms with E-state index >= 15 is 0 Å². The Bertz CT molecular complexity index is 1200. The number of carbonyl (C=O) groups is 2. The maximum atomic E-state index is 14.0. The monoisotopic (exact) mass is 465 g/mol. The summed E-state index contributed by atoms with van der Waals surface area (Å²) < 4.78 is 0.892. The van der Waals surface area contributed by atoms with Gasteiger partial charge in [-0.1, -0.05) is 48.0 Å². The summed E-state index contributed by atoms with van der Waals surface area (Å²) >= 11 is 3.58. The number of carbonyl (C=O) groups excluding carboxylic acids is 2. The van der Waals surface area contributed by atoms with E-state index in [4.69, 9.17) is 0 Å². The molecule has 1 N–H and O–H groups in total. The van der Waals surface area contributed by atoms with Crippen LogP contribution >= 0.6 is 15.9 Å². The molecule has 2 amide bonds. The van der Waals surface area contributed by atoms with E-state index in [-0.39, 0.29) is 17.7 Å². The van der Waals surface area contributed by atoms with E-state index in [0.717, 1.165) is 44.3 Å². The molecule has 0 radical (unpaired) electrons.